The lowest BCUT2D eigenvalue weighted by molar-refractivity contribution is -0.254. The van der Waals surface area contributed by atoms with Gasteiger partial charge in [0.2, 0.25) is 0 Å². The van der Waals surface area contributed by atoms with Crippen LogP contribution >= 0.6 is 0 Å². The van der Waals surface area contributed by atoms with Gasteiger partial charge in [0, 0.05) is 5.54 Å². The highest BCUT2D eigenvalue weighted by molar-refractivity contribution is 5.74. The lowest BCUT2D eigenvalue weighted by Gasteiger charge is -2.33. The Balaban J connectivity index is 2.09. The summed E-state index contributed by atoms with van der Waals surface area (Å²) in [5.41, 5.74) is 1.06. The van der Waals surface area contributed by atoms with Gasteiger partial charge in [-0.3, -0.25) is 0 Å². The van der Waals surface area contributed by atoms with Crippen molar-refractivity contribution >= 4 is 11.0 Å². The molecule has 1 unspecified atom stereocenters. The fourth-order valence-corrected chi connectivity index (χ4v) is 2.84. The van der Waals surface area contributed by atoms with Crippen molar-refractivity contribution in [3.63, 3.8) is 0 Å². The first kappa shape index (κ1) is 11.7. The molecule has 1 aromatic heterocycles. The van der Waals surface area contributed by atoms with Gasteiger partial charge in [-0.1, -0.05) is 12.1 Å². The number of hydrogen-bond acceptors (Lipinski definition) is 2. The van der Waals surface area contributed by atoms with Crippen LogP contribution in [-0.2, 0) is 10.7 Å². The molecule has 1 atom stereocenters. The summed E-state index contributed by atoms with van der Waals surface area (Å²) in [6.45, 7) is 5.97. The normalized spacial score (nSPS) is 28.0. The number of para-hydroxylation sites is 2. The van der Waals surface area contributed by atoms with E-state index >= 15 is 0 Å². The van der Waals surface area contributed by atoms with Crippen LogP contribution in [0.2, 0.25) is 0 Å². The number of H-pyrrole nitrogens is 1. The van der Waals surface area contributed by atoms with Gasteiger partial charge in [0.15, 0.2) is 0 Å². The smallest absolute Gasteiger partial charge is 0.130 e. The summed E-state index contributed by atoms with van der Waals surface area (Å²) < 4.78 is 0. The molecule has 2 aromatic rings. The summed E-state index contributed by atoms with van der Waals surface area (Å²) in [6, 6.07) is 7.89. The topological polar surface area (TPSA) is 51.8 Å². The van der Waals surface area contributed by atoms with Crippen LogP contribution in [-0.4, -0.2) is 20.6 Å². The van der Waals surface area contributed by atoms with Gasteiger partial charge in [-0.2, -0.15) is 0 Å². The Morgan fingerprint density at radius 1 is 1.22 bits per heavy atom. The first-order chi connectivity index (χ1) is 8.43. The van der Waals surface area contributed by atoms with Crippen LogP contribution < -0.4 is 0 Å². The van der Waals surface area contributed by atoms with Gasteiger partial charge in [-0.25, -0.2) is 4.98 Å². The van der Waals surface area contributed by atoms with Crippen LogP contribution in [0.1, 0.15) is 39.4 Å². The molecular weight excluding hydrogens is 226 g/mol. The molecule has 1 aliphatic heterocycles. The number of rotatable bonds is 1. The minimum atomic E-state index is -0.539. The molecule has 1 radical (unpaired) electrons. The van der Waals surface area contributed by atoms with E-state index in [0.29, 0.717) is 0 Å². The molecule has 4 heteroatoms. The van der Waals surface area contributed by atoms with Crippen LogP contribution in [0.25, 0.3) is 11.0 Å². The second kappa shape index (κ2) is 3.56. The van der Waals surface area contributed by atoms with Gasteiger partial charge in [-0.15, -0.1) is 10.3 Å². The molecule has 3 rings (SSSR count). The molecule has 1 aliphatic rings. The van der Waals surface area contributed by atoms with E-state index in [0.717, 1.165) is 29.7 Å². The number of hydrogen-bond donors (Lipinski definition) is 1. The van der Waals surface area contributed by atoms with Crippen molar-refractivity contribution < 1.29 is 5.21 Å². The zero-order valence-electron chi connectivity index (χ0n) is 11.0. The van der Waals surface area contributed by atoms with E-state index in [1.807, 2.05) is 45.0 Å². The summed E-state index contributed by atoms with van der Waals surface area (Å²) in [6.07, 6.45) is 1.73. The van der Waals surface area contributed by atoms with Gasteiger partial charge in [0.05, 0.1) is 11.0 Å². The Morgan fingerprint density at radius 2 is 1.94 bits per heavy atom. The van der Waals surface area contributed by atoms with E-state index in [1.165, 1.54) is 5.06 Å². The third-order valence-electron chi connectivity index (χ3n) is 4.12. The summed E-state index contributed by atoms with van der Waals surface area (Å²) in [5.74, 6) is 0.782. The molecule has 2 heterocycles. The highest BCUT2D eigenvalue weighted by Crippen LogP contribution is 2.45. The van der Waals surface area contributed by atoms with Gasteiger partial charge >= 0.3 is 0 Å². The third-order valence-corrected chi connectivity index (χ3v) is 4.12. The number of nitrogens with one attached hydrogen (secondary N) is 1. The van der Waals surface area contributed by atoms with Crippen molar-refractivity contribution in [2.24, 2.45) is 0 Å². The molecule has 0 aliphatic carbocycles. The second-order valence-corrected chi connectivity index (χ2v) is 5.98. The monoisotopic (exact) mass is 244 g/mol. The summed E-state index contributed by atoms with van der Waals surface area (Å²) in [7, 11) is 0. The first-order valence-electron chi connectivity index (χ1n) is 6.36. The molecule has 0 bridgehead atoms. The average Bonchev–Trinajstić information content (AvgIpc) is 2.86. The van der Waals surface area contributed by atoms with Crippen molar-refractivity contribution in [2.75, 3.05) is 0 Å². The summed E-state index contributed by atoms with van der Waals surface area (Å²) >= 11 is 0. The molecule has 4 nitrogen and oxygen atoms in total. The number of imidazole rings is 1. The molecule has 0 saturated carbocycles. The maximum Gasteiger partial charge on any atom is 0.130 e. The quantitative estimate of drug-likeness (QED) is 0.838. The predicted molar refractivity (Wildman–Crippen MR) is 69.3 cm³/mol. The second-order valence-electron chi connectivity index (χ2n) is 5.98. The van der Waals surface area contributed by atoms with Crippen molar-refractivity contribution in [3.8, 4) is 0 Å². The SMILES string of the molecule is CC1(C)CCC(C)(c2nc3ccccc3[nH]2)N1[O]. The van der Waals surface area contributed by atoms with Crippen LogP contribution in [0.5, 0.6) is 0 Å². The van der Waals surface area contributed by atoms with E-state index < -0.39 is 5.54 Å². The van der Waals surface area contributed by atoms with Crippen molar-refractivity contribution in [1.29, 1.82) is 0 Å². The third kappa shape index (κ3) is 1.49. The summed E-state index contributed by atoms with van der Waals surface area (Å²) in [5, 5.41) is 13.7. The Morgan fingerprint density at radius 3 is 2.56 bits per heavy atom. The van der Waals surface area contributed by atoms with Crippen LogP contribution in [0, 0.1) is 0 Å². The minimum Gasteiger partial charge on any atom is -0.340 e. The maximum atomic E-state index is 12.5. The largest absolute Gasteiger partial charge is 0.340 e. The van der Waals surface area contributed by atoms with Crippen LogP contribution in [0.4, 0.5) is 0 Å². The van der Waals surface area contributed by atoms with Gasteiger partial charge in [0.25, 0.3) is 0 Å². The van der Waals surface area contributed by atoms with E-state index in [-0.39, 0.29) is 5.54 Å². The van der Waals surface area contributed by atoms with Gasteiger partial charge in [-0.05, 0) is 45.7 Å². The lowest BCUT2D eigenvalue weighted by Crippen LogP contribution is -2.45. The maximum absolute atomic E-state index is 12.5. The number of hydroxylamine groups is 2. The number of nitrogens with zero attached hydrogens (tertiary/aromatic N) is 2. The Bertz CT molecular complexity index is 556. The highest BCUT2D eigenvalue weighted by atomic mass is 16.5. The summed E-state index contributed by atoms with van der Waals surface area (Å²) in [4.78, 5) is 7.88. The number of aromatic nitrogens is 2. The molecule has 1 saturated heterocycles. The van der Waals surface area contributed by atoms with E-state index in [2.05, 4.69) is 9.97 Å². The number of fused-ring (bicyclic) bond motifs is 1. The Hall–Kier alpha value is -1.39. The molecule has 0 amide bonds. The zero-order valence-corrected chi connectivity index (χ0v) is 11.0. The van der Waals surface area contributed by atoms with E-state index in [4.69, 9.17) is 0 Å². The Kier molecular flexibility index (Phi) is 2.31. The Labute approximate surface area is 107 Å². The number of benzene rings is 1. The van der Waals surface area contributed by atoms with Gasteiger partial charge < -0.3 is 4.98 Å². The van der Waals surface area contributed by atoms with Crippen molar-refractivity contribution in [2.45, 2.75) is 44.7 Å². The van der Waals surface area contributed by atoms with Crippen molar-refractivity contribution in [1.82, 2.24) is 15.0 Å². The zero-order chi connectivity index (χ0) is 13.0. The minimum absolute atomic E-state index is 0.312. The first-order valence-corrected chi connectivity index (χ1v) is 6.36. The van der Waals surface area contributed by atoms with E-state index in [9.17, 15) is 5.21 Å². The lowest BCUT2D eigenvalue weighted by atomic mass is 9.98. The van der Waals surface area contributed by atoms with Crippen LogP contribution in [0.3, 0.4) is 0 Å². The fraction of sp³-hybridized carbons (Fsp3) is 0.500. The molecular formula is C14H18N3O. The average molecular weight is 244 g/mol. The standard InChI is InChI=1S/C14H18N3O/c1-13(2)8-9-14(3,17(13)18)12-15-10-6-4-5-7-11(10)16-12/h4-7H,8-9H2,1-3H3,(H,15,16). The fourth-order valence-electron chi connectivity index (χ4n) is 2.84. The molecule has 18 heavy (non-hydrogen) atoms. The molecule has 1 fully saturated rings. The molecule has 0 spiro atoms. The molecule has 1 N–H and O–H groups in total. The molecule has 95 valence electrons. The van der Waals surface area contributed by atoms with Crippen molar-refractivity contribution in [3.05, 3.63) is 30.1 Å². The van der Waals surface area contributed by atoms with Crippen LogP contribution in [0.15, 0.2) is 24.3 Å². The van der Waals surface area contributed by atoms with E-state index in [1.54, 1.807) is 0 Å². The molecule has 1 aromatic carbocycles. The number of aromatic amines is 1. The highest BCUT2D eigenvalue weighted by Gasteiger charge is 2.51. The predicted octanol–water partition coefficient (Wildman–Crippen LogP) is 3.00. The van der Waals surface area contributed by atoms with Gasteiger partial charge in [0.1, 0.15) is 11.4 Å².